The number of halogens is 1. The van der Waals surface area contributed by atoms with E-state index in [1.54, 1.807) is 6.07 Å². The van der Waals surface area contributed by atoms with E-state index in [-0.39, 0.29) is 5.56 Å². The van der Waals surface area contributed by atoms with Gasteiger partial charge in [-0.05, 0) is 40.2 Å². The number of anilines is 2. The van der Waals surface area contributed by atoms with Gasteiger partial charge in [0.1, 0.15) is 6.07 Å². The Labute approximate surface area is 116 Å². The van der Waals surface area contributed by atoms with E-state index in [0.717, 1.165) is 0 Å². The van der Waals surface area contributed by atoms with Crippen molar-refractivity contribution in [2.45, 2.75) is 0 Å². The molecular formula is C12H7BrN4O2. The van der Waals surface area contributed by atoms with Gasteiger partial charge < -0.3 is 10.4 Å². The van der Waals surface area contributed by atoms with Crippen LogP contribution in [-0.4, -0.2) is 21.3 Å². The lowest BCUT2D eigenvalue weighted by molar-refractivity contribution is 0.0697. The third kappa shape index (κ3) is 2.86. The summed E-state index contributed by atoms with van der Waals surface area (Å²) in [5.41, 5.74) is 1.11. The zero-order valence-electron chi connectivity index (χ0n) is 9.46. The van der Waals surface area contributed by atoms with Crippen LogP contribution in [0.5, 0.6) is 0 Å². The van der Waals surface area contributed by atoms with Crippen LogP contribution in [0.1, 0.15) is 15.9 Å². The molecule has 0 aliphatic rings. The number of aromatic nitrogens is 2. The van der Waals surface area contributed by atoms with Gasteiger partial charge in [0.25, 0.3) is 0 Å². The lowest BCUT2D eigenvalue weighted by Crippen LogP contribution is -2.01. The molecule has 0 atom stereocenters. The van der Waals surface area contributed by atoms with Crippen molar-refractivity contribution >= 4 is 33.4 Å². The predicted octanol–water partition coefficient (Wildman–Crippen LogP) is 2.55. The van der Waals surface area contributed by atoms with Crippen LogP contribution in [-0.2, 0) is 0 Å². The quantitative estimate of drug-likeness (QED) is 0.902. The number of carboxylic acids is 1. The minimum atomic E-state index is -1.01. The highest BCUT2D eigenvalue weighted by Gasteiger charge is 2.09. The SMILES string of the molecule is N#Cc1ccnnc1Nc1ccc(C(=O)O)cc1Br. The number of carbonyl (C=O) groups is 1. The fraction of sp³-hybridized carbons (Fsp3) is 0. The van der Waals surface area contributed by atoms with Crippen LogP contribution in [0, 0.1) is 11.3 Å². The fourth-order valence-corrected chi connectivity index (χ4v) is 1.87. The van der Waals surface area contributed by atoms with Crippen LogP contribution < -0.4 is 5.32 Å². The highest BCUT2D eigenvalue weighted by atomic mass is 79.9. The molecule has 0 spiro atoms. The maximum Gasteiger partial charge on any atom is 0.335 e. The largest absolute Gasteiger partial charge is 0.478 e. The first-order valence-electron chi connectivity index (χ1n) is 5.13. The molecule has 1 heterocycles. The molecular weight excluding hydrogens is 312 g/mol. The van der Waals surface area contributed by atoms with Crippen molar-refractivity contribution in [3.8, 4) is 6.07 Å². The lowest BCUT2D eigenvalue weighted by atomic mass is 10.2. The number of carboxylic acid groups (broad SMARTS) is 1. The second kappa shape index (κ2) is 5.46. The average Bonchev–Trinajstić information content (AvgIpc) is 2.41. The second-order valence-corrected chi connectivity index (χ2v) is 4.38. The molecule has 1 aromatic heterocycles. The molecule has 0 saturated carbocycles. The van der Waals surface area contributed by atoms with Crippen molar-refractivity contribution in [2.24, 2.45) is 0 Å². The molecule has 1 aromatic carbocycles. The maximum atomic E-state index is 10.8. The van der Waals surface area contributed by atoms with E-state index in [2.05, 4.69) is 31.4 Å². The number of rotatable bonds is 3. The molecule has 0 saturated heterocycles. The summed E-state index contributed by atoms with van der Waals surface area (Å²) in [4.78, 5) is 10.8. The molecule has 2 N–H and O–H groups in total. The van der Waals surface area contributed by atoms with Crippen LogP contribution >= 0.6 is 15.9 Å². The Hall–Kier alpha value is -2.46. The van der Waals surface area contributed by atoms with Crippen LogP contribution in [0.2, 0.25) is 0 Å². The van der Waals surface area contributed by atoms with Crippen molar-refractivity contribution in [1.29, 1.82) is 5.26 Å². The number of hydrogen-bond donors (Lipinski definition) is 2. The van der Waals surface area contributed by atoms with Gasteiger partial charge in [-0.2, -0.15) is 10.4 Å². The summed E-state index contributed by atoms with van der Waals surface area (Å²) in [7, 11) is 0. The Morgan fingerprint density at radius 1 is 1.42 bits per heavy atom. The first-order chi connectivity index (χ1) is 9.11. The zero-order chi connectivity index (χ0) is 13.8. The molecule has 0 bridgehead atoms. The Morgan fingerprint density at radius 2 is 2.21 bits per heavy atom. The molecule has 0 radical (unpaired) electrons. The topological polar surface area (TPSA) is 98.9 Å². The van der Waals surface area contributed by atoms with E-state index in [0.29, 0.717) is 21.5 Å². The van der Waals surface area contributed by atoms with Crippen molar-refractivity contribution in [1.82, 2.24) is 10.2 Å². The van der Waals surface area contributed by atoms with Gasteiger partial charge in [-0.1, -0.05) is 0 Å². The van der Waals surface area contributed by atoms with E-state index < -0.39 is 5.97 Å². The normalized spacial score (nSPS) is 9.68. The number of nitrogens with one attached hydrogen (secondary N) is 1. The first kappa shape index (κ1) is 13.0. The number of nitriles is 1. The van der Waals surface area contributed by atoms with E-state index in [1.807, 2.05) is 6.07 Å². The van der Waals surface area contributed by atoms with Gasteiger partial charge in [-0.15, -0.1) is 5.10 Å². The molecule has 0 unspecified atom stereocenters. The van der Waals surface area contributed by atoms with E-state index in [4.69, 9.17) is 10.4 Å². The molecule has 94 valence electrons. The van der Waals surface area contributed by atoms with Gasteiger partial charge in [0.15, 0.2) is 5.82 Å². The van der Waals surface area contributed by atoms with E-state index >= 15 is 0 Å². The van der Waals surface area contributed by atoms with Gasteiger partial charge in [-0.3, -0.25) is 0 Å². The summed E-state index contributed by atoms with van der Waals surface area (Å²) in [5, 5.41) is 28.2. The monoisotopic (exact) mass is 318 g/mol. The summed E-state index contributed by atoms with van der Waals surface area (Å²) < 4.78 is 0.557. The van der Waals surface area contributed by atoms with Crippen molar-refractivity contribution in [2.75, 3.05) is 5.32 Å². The van der Waals surface area contributed by atoms with Crippen LogP contribution in [0.15, 0.2) is 34.9 Å². The highest BCUT2D eigenvalue weighted by molar-refractivity contribution is 9.10. The van der Waals surface area contributed by atoms with Gasteiger partial charge in [0, 0.05) is 4.47 Å². The average molecular weight is 319 g/mol. The molecule has 7 heteroatoms. The standard InChI is InChI=1S/C12H7BrN4O2/c13-9-5-7(12(18)19)1-2-10(9)16-11-8(6-14)3-4-15-17-11/h1-5H,(H,16,17)(H,18,19). The van der Waals surface area contributed by atoms with Crippen molar-refractivity contribution in [3.63, 3.8) is 0 Å². The molecule has 2 rings (SSSR count). The zero-order valence-corrected chi connectivity index (χ0v) is 11.0. The summed E-state index contributed by atoms with van der Waals surface area (Å²) >= 11 is 3.26. The van der Waals surface area contributed by atoms with E-state index in [1.165, 1.54) is 24.4 Å². The number of nitrogens with zero attached hydrogens (tertiary/aromatic N) is 3. The molecule has 0 aliphatic carbocycles. The summed E-state index contributed by atoms with van der Waals surface area (Å²) in [6.45, 7) is 0. The molecule has 0 amide bonds. The Morgan fingerprint density at radius 3 is 2.84 bits per heavy atom. The summed E-state index contributed by atoms with van der Waals surface area (Å²) in [6.07, 6.45) is 1.42. The smallest absolute Gasteiger partial charge is 0.335 e. The number of hydrogen-bond acceptors (Lipinski definition) is 5. The van der Waals surface area contributed by atoms with Crippen molar-refractivity contribution in [3.05, 3.63) is 46.1 Å². The summed E-state index contributed by atoms with van der Waals surface area (Å²) in [6, 6.07) is 8.04. The lowest BCUT2D eigenvalue weighted by Gasteiger charge is -2.08. The van der Waals surface area contributed by atoms with Gasteiger partial charge in [-0.25, -0.2) is 4.79 Å². The maximum absolute atomic E-state index is 10.8. The van der Waals surface area contributed by atoms with Crippen molar-refractivity contribution < 1.29 is 9.90 Å². The molecule has 2 aromatic rings. The second-order valence-electron chi connectivity index (χ2n) is 3.53. The van der Waals surface area contributed by atoms with Gasteiger partial charge in [0.2, 0.25) is 0 Å². The molecule has 0 aliphatic heterocycles. The molecule has 0 fully saturated rings. The Balaban J connectivity index is 2.34. The molecule has 6 nitrogen and oxygen atoms in total. The predicted molar refractivity (Wildman–Crippen MR) is 71.1 cm³/mol. The minimum Gasteiger partial charge on any atom is -0.478 e. The Bertz CT molecular complexity index is 682. The van der Waals surface area contributed by atoms with Gasteiger partial charge >= 0.3 is 5.97 Å². The minimum absolute atomic E-state index is 0.164. The third-order valence-electron chi connectivity index (χ3n) is 2.31. The highest BCUT2D eigenvalue weighted by Crippen LogP contribution is 2.27. The van der Waals surface area contributed by atoms with E-state index in [9.17, 15) is 4.79 Å². The van der Waals surface area contributed by atoms with Crippen LogP contribution in [0.4, 0.5) is 11.5 Å². The number of benzene rings is 1. The van der Waals surface area contributed by atoms with Gasteiger partial charge in [0.05, 0.1) is 23.0 Å². The summed E-state index contributed by atoms with van der Waals surface area (Å²) in [5.74, 6) is -0.696. The van der Waals surface area contributed by atoms with Crippen LogP contribution in [0.3, 0.4) is 0 Å². The first-order valence-corrected chi connectivity index (χ1v) is 5.93. The fourth-order valence-electron chi connectivity index (χ4n) is 1.39. The number of aromatic carboxylic acids is 1. The Kier molecular flexibility index (Phi) is 3.73. The third-order valence-corrected chi connectivity index (χ3v) is 2.97. The van der Waals surface area contributed by atoms with Crippen LogP contribution in [0.25, 0.3) is 0 Å². The molecule has 19 heavy (non-hydrogen) atoms.